The third-order valence-corrected chi connectivity index (χ3v) is 2.34. The van der Waals surface area contributed by atoms with Crippen molar-refractivity contribution in [1.82, 2.24) is 5.32 Å². The van der Waals surface area contributed by atoms with Crippen molar-refractivity contribution in [1.29, 1.82) is 0 Å². The number of ether oxygens (including phenoxy) is 1. The molecule has 88 valence electrons. The molecule has 0 amide bonds. The molecule has 1 aromatic carbocycles. The monoisotopic (exact) mass is 221 g/mol. The molecule has 0 radical (unpaired) electrons. The first-order chi connectivity index (χ1) is 7.63. The van der Waals surface area contributed by atoms with Crippen LogP contribution in [0.4, 0.5) is 0 Å². The van der Waals surface area contributed by atoms with Crippen LogP contribution in [0.25, 0.3) is 0 Å². The summed E-state index contributed by atoms with van der Waals surface area (Å²) in [6.45, 7) is 5.20. The second kappa shape index (κ2) is 6.28. The summed E-state index contributed by atoms with van der Waals surface area (Å²) in [6, 6.07) is 8.05. The Labute approximate surface area is 96.8 Å². The fourth-order valence-corrected chi connectivity index (χ4v) is 1.43. The van der Waals surface area contributed by atoms with Gasteiger partial charge in [0.25, 0.3) is 0 Å². The second-order valence-electron chi connectivity index (χ2n) is 4.05. The van der Waals surface area contributed by atoms with Crippen LogP contribution < -0.4 is 5.32 Å². The number of hydrogen-bond acceptors (Lipinski definition) is 3. The SMILES string of the molecule is COC(=O)c1ccc(CCNC(C)C)cc1. The van der Waals surface area contributed by atoms with E-state index in [2.05, 4.69) is 23.9 Å². The van der Waals surface area contributed by atoms with Crippen LogP contribution in [0, 0.1) is 0 Å². The molecule has 1 rings (SSSR count). The summed E-state index contributed by atoms with van der Waals surface area (Å²) in [5.74, 6) is -0.285. The molecule has 0 unspecified atom stereocenters. The minimum absolute atomic E-state index is 0.285. The van der Waals surface area contributed by atoms with Gasteiger partial charge in [-0.15, -0.1) is 0 Å². The van der Waals surface area contributed by atoms with Crippen LogP contribution in [0.15, 0.2) is 24.3 Å². The molecule has 0 saturated heterocycles. The number of benzene rings is 1. The topological polar surface area (TPSA) is 38.3 Å². The first-order valence-corrected chi connectivity index (χ1v) is 5.54. The van der Waals surface area contributed by atoms with Gasteiger partial charge < -0.3 is 10.1 Å². The molecule has 0 fully saturated rings. The predicted octanol–water partition coefficient (Wildman–Crippen LogP) is 2.01. The van der Waals surface area contributed by atoms with E-state index in [0.29, 0.717) is 11.6 Å². The number of nitrogens with one attached hydrogen (secondary N) is 1. The van der Waals surface area contributed by atoms with Crippen molar-refractivity contribution in [2.75, 3.05) is 13.7 Å². The lowest BCUT2D eigenvalue weighted by Gasteiger charge is -2.08. The van der Waals surface area contributed by atoms with Gasteiger partial charge in [-0.05, 0) is 30.7 Å². The van der Waals surface area contributed by atoms with Gasteiger partial charge in [0.05, 0.1) is 12.7 Å². The maximum absolute atomic E-state index is 11.2. The fraction of sp³-hybridized carbons (Fsp3) is 0.462. The Kier molecular flexibility index (Phi) is 4.99. The van der Waals surface area contributed by atoms with E-state index in [1.165, 1.54) is 12.7 Å². The summed E-state index contributed by atoms with van der Waals surface area (Å²) in [5, 5.41) is 3.35. The maximum atomic E-state index is 11.2. The first-order valence-electron chi connectivity index (χ1n) is 5.54. The van der Waals surface area contributed by atoms with E-state index >= 15 is 0 Å². The second-order valence-corrected chi connectivity index (χ2v) is 4.05. The van der Waals surface area contributed by atoms with Crippen molar-refractivity contribution in [2.24, 2.45) is 0 Å². The zero-order chi connectivity index (χ0) is 12.0. The van der Waals surface area contributed by atoms with Crippen molar-refractivity contribution >= 4 is 5.97 Å². The van der Waals surface area contributed by atoms with Gasteiger partial charge in [0.15, 0.2) is 0 Å². The summed E-state index contributed by atoms with van der Waals surface area (Å²) in [5.41, 5.74) is 1.82. The van der Waals surface area contributed by atoms with E-state index in [0.717, 1.165) is 13.0 Å². The third-order valence-electron chi connectivity index (χ3n) is 2.34. The van der Waals surface area contributed by atoms with Gasteiger partial charge in [-0.2, -0.15) is 0 Å². The number of hydrogen-bond donors (Lipinski definition) is 1. The smallest absolute Gasteiger partial charge is 0.337 e. The molecule has 1 N–H and O–H groups in total. The van der Waals surface area contributed by atoms with Crippen LogP contribution in [-0.2, 0) is 11.2 Å². The minimum Gasteiger partial charge on any atom is -0.465 e. The molecule has 3 nitrogen and oxygen atoms in total. The summed E-state index contributed by atoms with van der Waals surface area (Å²) in [6.07, 6.45) is 0.972. The Morgan fingerprint density at radius 1 is 1.31 bits per heavy atom. The van der Waals surface area contributed by atoms with Crippen molar-refractivity contribution in [3.05, 3.63) is 35.4 Å². The van der Waals surface area contributed by atoms with E-state index in [-0.39, 0.29) is 5.97 Å². The highest BCUT2D eigenvalue weighted by Gasteiger charge is 2.03. The zero-order valence-corrected chi connectivity index (χ0v) is 10.1. The van der Waals surface area contributed by atoms with Crippen LogP contribution >= 0.6 is 0 Å². The zero-order valence-electron chi connectivity index (χ0n) is 10.1. The Morgan fingerprint density at radius 3 is 2.44 bits per heavy atom. The quantitative estimate of drug-likeness (QED) is 0.773. The highest BCUT2D eigenvalue weighted by molar-refractivity contribution is 5.89. The summed E-state index contributed by atoms with van der Waals surface area (Å²) < 4.78 is 4.64. The summed E-state index contributed by atoms with van der Waals surface area (Å²) in [7, 11) is 1.39. The van der Waals surface area contributed by atoms with Crippen molar-refractivity contribution < 1.29 is 9.53 Å². The van der Waals surface area contributed by atoms with Gasteiger partial charge in [0.2, 0.25) is 0 Å². The summed E-state index contributed by atoms with van der Waals surface area (Å²) >= 11 is 0. The molecule has 0 aliphatic rings. The molecule has 0 heterocycles. The molecular formula is C13H19NO2. The van der Waals surface area contributed by atoms with Gasteiger partial charge in [-0.1, -0.05) is 26.0 Å². The number of carbonyl (C=O) groups excluding carboxylic acids is 1. The average molecular weight is 221 g/mol. The molecule has 0 aliphatic heterocycles. The molecule has 0 atom stereocenters. The molecule has 1 aromatic rings. The van der Waals surface area contributed by atoms with Gasteiger partial charge in [0, 0.05) is 6.04 Å². The Bertz CT molecular complexity index is 330. The molecule has 0 spiro atoms. The fourth-order valence-electron chi connectivity index (χ4n) is 1.43. The Balaban J connectivity index is 2.48. The van der Waals surface area contributed by atoms with Crippen LogP contribution in [0.5, 0.6) is 0 Å². The van der Waals surface area contributed by atoms with Crippen molar-refractivity contribution in [3.63, 3.8) is 0 Å². The van der Waals surface area contributed by atoms with Crippen LogP contribution in [-0.4, -0.2) is 25.7 Å². The van der Waals surface area contributed by atoms with Crippen molar-refractivity contribution in [3.8, 4) is 0 Å². The molecule has 3 heteroatoms. The number of rotatable bonds is 5. The molecular weight excluding hydrogens is 202 g/mol. The molecule has 0 aliphatic carbocycles. The van der Waals surface area contributed by atoms with E-state index in [1.54, 1.807) is 12.1 Å². The van der Waals surface area contributed by atoms with Gasteiger partial charge in [0.1, 0.15) is 0 Å². The highest BCUT2D eigenvalue weighted by Crippen LogP contribution is 2.06. The van der Waals surface area contributed by atoms with E-state index < -0.39 is 0 Å². The van der Waals surface area contributed by atoms with Crippen LogP contribution in [0.1, 0.15) is 29.8 Å². The van der Waals surface area contributed by atoms with Gasteiger partial charge in [-0.25, -0.2) is 4.79 Å². The molecule has 0 aromatic heterocycles. The van der Waals surface area contributed by atoms with E-state index in [9.17, 15) is 4.79 Å². The lowest BCUT2D eigenvalue weighted by molar-refractivity contribution is 0.0600. The summed E-state index contributed by atoms with van der Waals surface area (Å²) in [4.78, 5) is 11.2. The van der Waals surface area contributed by atoms with E-state index in [1.807, 2.05) is 12.1 Å². The largest absolute Gasteiger partial charge is 0.465 e. The highest BCUT2D eigenvalue weighted by atomic mass is 16.5. The van der Waals surface area contributed by atoms with Crippen LogP contribution in [0.2, 0.25) is 0 Å². The number of methoxy groups -OCH3 is 1. The average Bonchev–Trinajstić information content (AvgIpc) is 2.28. The van der Waals surface area contributed by atoms with Crippen LogP contribution in [0.3, 0.4) is 0 Å². The lowest BCUT2D eigenvalue weighted by atomic mass is 10.1. The molecule has 0 bridgehead atoms. The number of carbonyl (C=O) groups is 1. The molecule has 16 heavy (non-hydrogen) atoms. The normalized spacial score (nSPS) is 10.5. The van der Waals surface area contributed by atoms with Gasteiger partial charge in [-0.3, -0.25) is 0 Å². The number of esters is 1. The molecule has 0 saturated carbocycles. The standard InChI is InChI=1S/C13H19NO2/c1-10(2)14-9-8-11-4-6-12(7-5-11)13(15)16-3/h4-7,10,14H,8-9H2,1-3H3. The maximum Gasteiger partial charge on any atom is 0.337 e. The third kappa shape index (κ3) is 4.03. The first kappa shape index (κ1) is 12.7. The predicted molar refractivity (Wildman–Crippen MR) is 64.6 cm³/mol. The van der Waals surface area contributed by atoms with Gasteiger partial charge >= 0.3 is 5.97 Å². The van der Waals surface area contributed by atoms with Crippen molar-refractivity contribution in [2.45, 2.75) is 26.3 Å². The Hall–Kier alpha value is -1.35. The lowest BCUT2D eigenvalue weighted by Crippen LogP contribution is -2.24. The van der Waals surface area contributed by atoms with E-state index in [4.69, 9.17) is 0 Å². The minimum atomic E-state index is -0.285. The Morgan fingerprint density at radius 2 is 1.94 bits per heavy atom.